The fourth-order valence-corrected chi connectivity index (χ4v) is 0.978. The lowest BCUT2D eigenvalue weighted by Crippen LogP contribution is -1.73. The molecule has 0 bridgehead atoms. The molecular weight excluding hydrogens is 167 g/mol. The van der Waals surface area contributed by atoms with Crippen molar-refractivity contribution in [2.45, 2.75) is 0 Å². The molecule has 1 unspecified atom stereocenters. The van der Waals surface area contributed by atoms with Gasteiger partial charge in [0.05, 0.1) is 8.81 Å². The summed E-state index contributed by atoms with van der Waals surface area (Å²) in [6.07, 6.45) is 0. The molecule has 0 saturated heterocycles. The topological polar surface area (TPSA) is 9.23 Å². The number of hydrogen-bond donors (Lipinski definition) is 0. The molecule has 0 amide bonds. The van der Waals surface area contributed by atoms with E-state index < -0.39 is 0 Å². The number of rotatable bonds is 2. The van der Waals surface area contributed by atoms with Crippen LogP contribution in [0.15, 0.2) is 30.3 Å². The van der Waals surface area contributed by atoms with Crippen LogP contribution < -0.4 is 4.52 Å². The maximum absolute atomic E-state index is 5.23. The highest BCUT2D eigenvalue weighted by molar-refractivity contribution is 7.31. The van der Waals surface area contributed by atoms with E-state index in [9.17, 15) is 0 Å². The molecule has 0 aliphatic heterocycles. The molecule has 0 heterocycles. The molecule has 1 nitrogen and oxygen atoms in total. The van der Waals surface area contributed by atoms with E-state index in [4.69, 9.17) is 4.52 Å². The molecule has 0 saturated carbocycles. The van der Waals surface area contributed by atoms with Crippen molar-refractivity contribution in [3.63, 3.8) is 0 Å². The van der Waals surface area contributed by atoms with Gasteiger partial charge in [0.2, 0.25) is 0 Å². The Bertz CT molecular complexity index is 167. The van der Waals surface area contributed by atoms with Crippen LogP contribution in [0.2, 0.25) is 0 Å². The van der Waals surface area contributed by atoms with E-state index in [0.29, 0.717) is 8.81 Å². The summed E-state index contributed by atoms with van der Waals surface area (Å²) in [7, 11) is 0.535. The Morgan fingerprint density at radius 2 is 1.80 bits per heavy atom. The average Bonchev–Trinajstić information content (AvgIpc) is 1.91. The van der Waals surface area contributed by atoms with Gasteiger partial charge in [-0.25, -0.2) is 0 Å². The summed E-state index contributed by atoms with van der Waals surface area (Å²) >= 11 is 0. The van der Waals surface area contributed by atoms with E-state index in [1.54, 1.807) is 0 Å². The normalized spacial score (nSPS) is 9.30. The third-order valence-electron chi connectivity index (χ3n) is 0.963. The van der Waals surface area contributed by atoms with Crippen molar-refractivity contribution >= 4 is 21.2 Å². The van der Waals surface area contributed by atoms with Crippen molar-refractivity contribution in [2.75, 3.05) is 6.66 Å². The van der Waals surface area contributed by atoms with Crippen molar-refractivity contribution in [3.05, 3.63) is 30.3 Å². The van der Waals surface area contributed by atoms with Gasteiger partial charge in [-0.1, -0.05) is 18.2 Å². The molecule has 0 aromatic heterocycles. The Kier molecular flexibility index (Phi) is 5.38. The van der Waals surface area contributed by atoms with Gasteiger partial charge in [0.15, 0.2) is 0 Å². The first-order chi connectivity index (χ1) is 4.43. The quantitative estimate of drug-likeness (QED) is 0.630. The van der Waals surface area contributed by atoms with Gasteiger partial charge in [-0.3, -0.25) is 0 Å². The molecule has 0 aliphatic rings. The van der Waals surface area contributed by atoms with E-state index >= 15 is 0 Å². The largest absolute Gasteiger partial charge is 0.477 e. The van der Waals surface area contributed by atoms with Crippen molar-refractivity contribution in [3.8, 4) is 5.75 Å². The molecular formula is C7H10ClOP. The minimum Gasteiger partial charge on any atom is -0.477 e. The van der Waals surface area contributed by atoms with Gasteiger partial charge in [-0.2, -0.15) is 0 Å². The molecule has 3 heteroatoms. The highest BCUT2D eigenvalue weighted by atomic mass is 35.5. The van der Waals surface area contributed by atoms with E-state index in [1.165, 1.54) is 0 Å². The maximum atomic E-state index is 5.23. The predicted octanol–water partition coefficient (Wildman–Crippen LogP) is 2.71. The van der Waals surface area contributed by atoms with E-state index in [2.05, 4.69) is 0 Å². The van der Waals surface area contributed by atoms with Crippen LogP contribution in [0.4, 0.5) is 0 Å². The Morgan fingerprint density at radius 1 is 1.20 bits per heavy atom. The molecule has 1 atom stereocenters. The lowest BCUT2D eigenvalue weighted by atomic mass is 10.3. The lowest BCUT2D eigenvalue weighted by Gasteiger charge is -1.98. The van der Waals surface area contributed by atoms with Crippen LogP contribution in [0.3, 0.4) is 0 Å². The number of para-hydroxylation sites is 1. The smallest absolute Gasteiger partial charge is 0.122 e. The number of benzene rings is 1. The molecule has 1 aromatic rings. The molecule has 1 aromatic carbocycles. The fraction of sp³-hybridized carbons (Fsp3) is 0.143. The minimum absolute atomic E-state index is 0. The van der Waals surface area contributed by atoms with Crippen molar-refractivity contribution in [1.29, 1.82) is 0 Å². The summed E-state index contributed by atoms with van der Waals surface area (Å²) in [6, 6.07) is 9.82. The second-order valence-electron chi connectivity index (χ2n) is 1.62. The Morgan fingerprint density at radius 3 is 2.30 bits per heavy atom. The third-order valence-corrected chi connectivity index (χ3v) is 1.40. The van der Waals surface area contributed by atoms with Crippen LogP contribution in [0, 0.1) is 0 Å². The highest BCUT2D eigenvalue weighted by Gasteiger charge is 1.84. The summed E-state index contributed by atoms with van der Waals surface area (Å²) < 4.78 is 5.23. The van der Waals surface area contributed by atoms with E-state index in [1.807, 2.05) is 37.0 Å². The standard InChI is InChI=1S/C7H9OP.ClH/c1-9-8-7-5-3-2-4-6-7;/h2-6,9H,1H3;1H. The highest BCUT2D eigenvalue weighted by Crippen LogP contribution is 2.15. The summed E-state index contributed by atoms with van der Waals surface area (Å²) in [6.45, 7) is 2.01. The van der Waals surface area contributed by atoms with Crippen molar-refractivity contribution in [1.82, 2.24) is 0 Å². The van der Waals surface area contributed by atoms with Crippen molar-refractivity contribution < 1.29 is 4.52 Å². The zero-order chi connectivity index (χ0) is 6.53. The van der Waals surface area contributed by atoms with Crippen LogP contribution in [0.1, 0.15) is 0 Å². The predicted molar refractivity (Wildman–Crippen MR) is 48.6 cm³/mol. The molecule has 0 aliphatic carbocycles. The second kappa shape index (κ2) is 5.52. The average molecular weight is 177 g/mol. The van der Waals surface area contributed by atoms with E-state index in [-0.39, 0.29) is 12.4 Å². The molecule has 0 radical (unpaired) electrons. The lowest BCUT2D eigenvalue weighted by molar-refractivity contribution is 0.635. The maximum Gasteiger partial charge on any atom is 0.122 e. The van der Waals surface area contributed by atoms with Gasteiger partial charge in [-0.15, -0.1) is 12.4 Å². The Hall–Kier alpha value is -0.260. The Balaban J connectivity index is 0.000000810. The molecule has 56 valence electrons. The van der Waals surface area contributed by atoms with Crippen molar-refractivity contribution in [2.24, 2.45) is 0 Å². The summed E-state index contributed by atoms with van der Waals surface area (Å²) in [5, 5.41) is 0. The van der Waals surface area contributed by atoms with Crippen LogP contribution in [-0.2, 0) is 0 Å². The van der Waals surface area contributed by atoms with Crippen LogP contribution in [0.25, 0.3) is 0 Å². The molecule has 0 fully saturated rings. The summed E-state index contributed by atoms with van der Waals surface area (Å²) in [5.41, 5.74) is 0. The summed E-state index contributed by atoms with van der Waals surface area (Å²) in [5.74, 6) is 0.957. The SMILES string of the molecule is CPOc1ccccc1.Cl. The first-order valence-corrected chi connectivity index (χ1v) is 4.23. The van der Waals surface area contributed by atoms with Gasteiger partial charge in [0, 0.05) is 0 Å². The molecule has 10 heavy (non-hydrogen) atoms. The zero-order valence-electron chi connectivity index (χ0n) is 5.70. The summed E-state index contributed by atoms with van der Waals surface area (Å²) in [4.78, 5) is 0. The van der Waals surface area contributed by atoms with Gasteiger partial charge < -0.3 is 4.52 Å². The van der Waals surface area contributed by atoms with Crippen LogP contribution in [-0.4, -0.2) is 6.66 Å². The third kappa shape index (κ3) is 3.05. The molecule has 0 N–H and O–H groups in total. The van der Waals surface area contributed by atoms with Gasteiger partial charge in [0.1, 0.15) is 5.75 Å². The first-order valence-electron chi connectivity index (χ1n) is 2.82. The van der Waals surface area contributed by atoms with Crippen LogP contribution >= 0.6 is 21.2 Å². The number of halogens is 1. The van der Waals surface area contributed by atoms with Gasteiger partial charge in [0.25, 0.3) is 0 Å². The van der Waals surface area contributed by atoms with E-state index in [0.717, 1.165) is 5.75 Å². The van der Waals surface area contributed by atoms with Gasteiger partial charge >= 0.3 is 0 Å². The van der Waals surface area contributed by atoms with Gasteiger partial charge in [-0.05, 0) is 18.8 Å². The fourth-order valence-electron chi connectivity index (χ4n) is 0.606. The monoisotopic (exact) mass is 176 g/mol. The first kappa shape index (κ1) is 9.74. The zero-order valence-corrected chi connectivity index (χ0v) is 7.52. The second-order valence-corrected chi connectivity index (χ2v) is 2.23. The number of hydrogen-bond acceptors (Lipinski definition) is 1. The minimum atomic E-state index is 0. The Labute approximate surface area is 69.1 Å². The molecule has 0 spiro atoms. The van der Waals surface area contributed by atoms with Crippen LogP contribution in [0.5, 0.6) is 5.75 Å². The molecule has 1 rings (SSSR count).